The van der Waals surface area contributed by atoms with Gasteiger partial charge in [-0.15, -0.1) is 11.3 Å². The van der Waals surface area contributed by atoms with Gasteiger partial charge in [0.1, 0.15) is 6.04 Å². The van der Waals surface area contributed by atoms with Crippen molar-refractivity contribution >= 4 is 23.1 Å². The van der Waals surface area contributed by atoms with E-state index >= 15 is 0 Å². The molecule has 0 saturated carbocycles. The fourth-order valence-electron chi connectivity index (χ4n) is 3.16. The third kappa shape index (κ3) is 4.32. The van der Waals surface area contributed by atoms with Crippen LogP contribution in [0.15, 0.2) is 41.8 Å². The van der Waals surface area contributed by atoms with Crippen LogP contribution < -0.4 is 10.6 Å². The predicted octanol–water partition coefficient (Wildman–Crippen LogP) is 4.59. The molecule has 1 aromatic carbocycles. The summed E-state index contributed by atoms with van der Waals surface area (Å²) in [5, 5.41) is 12.6. The van der Waals surface area contributed by atoms with Crippen LogP contribution in [-0.2, 0) is 0 Å². The van der Waals surface area contributed by atoms with Crippen LogP contribution >= 0.6 is 11.3 Å². The highest BCUT2D eigenvalue weighted by atomic mass is 32.1. The molecule has 0 aliphatic heterocycles. The van der Waals surface area contributed by atoms with E-state index in [2.05, 4.69) is 33.9 Å². The van der Waals surface area contributed by atoms with Crippen molar-refractivity contribution in [3.8, 4) is 0 Å². The summed E-state index contributed by atoms with van der Waals surface area (Å²) in [4.78, 5) is 13.6. The van der Waals surface area contributed by atoms with E-state index in [1.54, 1.807) is 11.3 Å². The van der Waals surface area contributed by atoms with Crippen LogP contribution in [-0.4, -0.2) is 22.4 Å². The van der Waals surface area contributed by atoms with Gasteiger partial charge in [0.05, 0.1) is 5.69 Å². The number of thiophene rings is 1. The van der Waals surface area contributed by atoms with Crippen LogP contribution in [0, 0.1) is 27.7 Å². The molecule has 2 amide bonds. The van der Waals surface area contributed by atoms with Crippen molar-refractivity contribution in [1.82, 2.24) is 15.1 Å². The minimum Gasteiger partial charge on any atom is -0.335 e. The number of carbonyl (C=O) groups is 1. The number of aromatic nitrogens is 2. The van der Waals surface area contributed by atoms with Gasteiger partial charge in [0, 0.05) is 22.8 Å². The van der Waals surface area contributed by atoms with E-state index in [-0.39, 0.29) is 12.1 Å². The molecule has 0 aliphatic rings. The molecule has 1 atom stereocenters. The summed E-state index contributed by atoms with van der Waals surface area (Å²) in [5.41, 5.74) is 5.11. The first kappa shape index (κ1) is 18.2. The molecule has 5 nitrogen and oxygen atoms in total. The van der Waals surface area contributed by atoms with Gasteiger partial charge in [-0.25, -0.2) is 4.79 Å². The van der Waals surface area contributed by atoms with E-state index in [0.29, 0.717) is 6.54 Å². The number of urea groups is 1. The quantitative estimate of drug-likeness (QED) is 0.692. The van der Waals surface area contributed by atoms with Crippen molar-refractivity contribution in [3.05, 3.63) is 69.2 Å². The minimum atomic E-state index is -0.210. The van der Waals surface area contributed by atoms with Crippen molar-refractivity contribution in [2.24, 2.45) is 0 Å². The average molecular weight is 369 g/mol. The van der Waals surface area contributed by atoms with Crippen molar-refractivity contribution in [1.29, 1.82) is 0 Å². The summed E-state index contributed by atoms with van der Waals surface area (Å²) >= 11 is 1.67. The highest BCUT2D eigenvalue weighted by molar-refractivity contribution is 7.10. The lowest BCUT2D eigenvalue weighted by Gasteiger charge is -2.19. The minimum absolute atomic E-state index is 0.0197. The van der Waals surface area contributed by atoms with E-state index in [0.717, 1.165) is 28.2 Å². The molecule has 1 unspecified atom stereocenters. The fraction of sp³-hybridized carbons (Fsp3) is 0.300. The molecule has 136 valence electrons. The Kier molecular flexibility index (Phi) is 5.42. The topological polar surface area (TPSA) is 59.0 Å². The van der Waals surface area contributed by atoms with Crippen LogP contribution in [0.2, 0.25) is 0 Å². The van der Waals surface area contributed by atoms with Crippen LogP contribution in [0.3, 0.4) is 0 Å². The molecule has 0 spiro atoms. The molecular formula is C20H24N4OS. The zero-order valence-electron chi connectivity index (χ0n) is 15.5. The summed E-state index contributed by atoms with van der Waals surface area (Å²) in [6, 6.07) is 11.9. The Balaban J connectivity index is 1.72. The summed E-state index contributed by atoms with van der Waals surface area (Å²) in [5.74, 6) is 0. The number of nitrogens with one attached hydrogen (secondary N) is 2. The van der Waals surface area contributed by atoms with Gasteiger partial charge in [0.15, 0.2) is 0 Å². The van der Waals surface area contributed by atoms with Gasteiger partial charge in [-0.05, 0) is 68.5 Å². The first-order valence-electron chi connectivity index (χ1n) is 8.61. The van der Waals surface area contributed by atoms with Crippen molar-refractivity contribution in [2.45, 2.75) is 33.7 Å². The molecule has 0 aliphatic carbocycles. The Morgan fingerprint density at radius 2 is 1.88 bits per heavy atom. The van der Waals surface area contributed by atoms with Crippen LogP contribution in [0.25, 0.3) is 0 Å². The first-order chi connectivity index (χ1) is 12.4. The lowest BCUT2D eigenvalue weighted by Crippen LogP contribution is -2.34. The molecule has 0 fully saturated rings. The molecule has 6 heteroatoms. The maximum absolute atomic E-state index is 12.4. The van der Waals surface area contributed by atoms with Gasteiger partial charge < -0.3 is 10.6 Å². The lowest BCUT2D eigenvalue weighted by atomic mass is 10.1. The number of amides is 2. The molecule has 0 radical (unpaired) electrons. The van der Waals surface area contributed by atoms with Gasteiger partial charge in [-0.3, -0.25) is 4.68 Å². The van der Waals surface area contributed by atoms with Gasteiger partial charge in [0.2, 0.25) is 0 Å². The summed E-state index contributed by atoms with van der Waals surface area (Å²) in [7, 11) is 0. The smallest absolute Gasteiger partial charge is 0.319 e. The second-order valence-corrected chi connectivity index (χ2v) is 7.59. The second kappa shape index (κ2) is 7.74. The van der Waals surface area contributed by atoms with Gasteiger partial charge in [-0.2, -0.15) is 5.10 Å². The Morgan fingerprint density at radius 3 is 2.46 bits per heavy atom. The molecule has 3 rings (SSSR count). The molecule has 0 saturated heterocycles. The van der Waals surface area contributed by atoms with Crippen LogP contribution in [0.1, 0.15) is 33.4 Å². The Hall–Kier alpha value is -2.60. The summed E-state index contributed by atoms with van der Waals surface area (Å²) < 4.78 is 1.98. The monoisotopic (exact) mass is 368 g/mol. The third-order valence-electron chi connectivity index (χ3n) is 4.15. The number of hydrogen-bond donors (Lipinski definition) is 2. The molecular weight excluding hydrogens is 344 g/mol. The maximum Gasteiger partial charge on any atom is 0.319 e. The van der Waals surface area contributed by atoms with E-state index in [9.17, 15) is 4.79 Å². The number of rotatable bonds is 5. The maximum atomic E-state index is 12.4. The van der Waals surface area contributed by atoms with Gasteiger partial charge in [-0.1, -0.05) is 12.1 Å². The number of hydrogen-bond acceptors (Lipinski definition) is 3. The predicted molar refractivity (Wildman–Crippen MR) is 107 cm³/mol. The average Bonchev–Trinajstić information content (AvgIpc) is 3.17. The molecule has 3 aromatic rings. The first-order valence-corrected chi connectivity index (χ1v) is 9.49. The number of benzene rings is 1. The Morgan fingerprint density at radius 1 is 1.15 bits per heavy atom. The van der Waals surface area contributed by atoms with Gasteiger partial charge in [0.25, 0.3) is 0 Å². The molecule has 2 N–H and O–H groups in total. The Bertz CT molecular complexity index is 878. The Labute approximate surface area is 158 Å². The van der Waals surface area contributed by atoms with E-state index < -0.39 is 0 Å². The van der Waals surface area contributed by atoms with E-state index in [1.165, 1.54) is 4.88 Å². The molecule has 26 heavy (non-hydrogen) atoms. The zero-order chi connectivity index (χ0) is 18.7. The van der Waals surface area contributed by atoms with E-state index in [1.807, 2.05) is 56.0 Å². The van der Waals surface area contributed by atoms with E-state index in [4.69, 9.17) is 0 Å². The largest absolute Gasteiger partial charge is 0.335 e. The van der Waals surface area contributed by atoms with Crippen molar-refractivity contribution in [3.63, 3.8) is 0 Å². The SMILES string of the molecule is Cc1cc(C)cc(NC(=O)NCC(c2cccs2)n2nc(C)cc2C)c1. The van der Waals surface area contributed by atoms with Crippen LogP contribution in [0.5, 0.6) is 0 Å². The molecule has 2 heterocycles. The summed E-state index contributed by atoms with van der Waals surface area (Å²) in [6.45, 7) is 8.53. The number of nitrogens with zero attached hydrogens (tertiary/aromatic N) is 2. The third-order valence-corrected chi connectivity index (χ3v) is 5.12. The number of carbonyl (C=O) groups excluding carboxylic acids is 1. The lowest BCUT2D eigenvalue weighted by molar-refractivity contribution is 0.250. The highest BCUT2D eigenvalue weighted by Crippen LogP contribution is 2.24. The number of aryl methyl sites for hydroxylation is 4. The molecule has 2 aromatic heterocycles. The van der Waals surface area contributed by atoms with Gasteiger partial charge >= 0.3 is 6.03 Å². The highest BCUT2D eigenvalue weighted by Gasteiger charge is 2.19. The molecule has 0 bridgehead atoms. The zero-order valence-corrected chi connectivity index (χ0v) is 16.4. The second-order valence-electron chi connectivity index (χ2n) is 6.61. The standard InChI is InChI=1S/C20H24N4OS/c1-13-8-14(2)10-17(9-13)22-20(25)21-12-18(19-6-5-7-26-19)24-16(4)11-15(3)23-24/h5-11,18H,12H2,1-4H3,(H2,21,22,25). The number of anilines is 1. The summed E-state index contributed by atoms with van der Waals surface area (Å²) in [6.07, 6.45) is 0. The normalized spacial score (nSPS) is 12.0. The fourth-order valence-corrected chi connectivity index (χ4v) is 3.97. The van der Waals surface area contributed by atoms with Crippen molar-refractivity contribution < 1.29 is 4.79 Å². The van der Waals surface area contributed by atoms with Crippen molar-refractivity contribution in [2.75, 3.05) is 11.9 Å². The van der Waals surface area contributed by atoms with Crippen LogP contribution in [0.4, 0.5) is 10.5 Å².